The van der Waals surface area contributed by atoms with E-state index in [1.54, 1.807) is 24.3 Å². The van der Waals surface area contributed by atoms with Crippen molar-refractivity contribution in [1.82, 2.24) is 0 Å². The summed E-state index contributed by atoms with van der Waals surface area (Å²) in [5.41, 5.74) is 0.420. The van der Waals surface area contributed by atoms with Gasteiger partial charge in [0.25, 0.3) is 0 Å². The third-order valence-electron chi connectivity index (χ3n) is 3.75. The fourth-order valence-corrected chi connectivity index (χ4v) is 2.33. The highest BCUT2D eigenvalue weighted by molar-refractivity contribution is 5.89. The first-order valence-electron chi connectivity index (χ1n) is 7.46. The molecule has 0 saturated carbocycles. The molecule has 0 aliphatic rings. The van der Waals surface area contributed by atoms with Crippen LogP contribution < -0.4 is 0 Å². The maximum Gasteiger partial charge on any atom is 0.339 e. The summed E-state index contributed by atoms with van der Waals surface area (Å²) in [5.74, 6) is -0.746. The second-order valence-electron chi connectivity index (χ2n) is 5.43. The Bertz CT molecular complexity index is 652. The summed E-state index contributed by atoms with van der Waals surface area (Å²) in [6.45, 7) is 1.81. The summed E-state index contributed by atoms with van der Waals surface area (Å²) in [7, 11) is 1.35. The van der Waals surface area contributed by atoms with Crippen molar-refractivity contribution >= 4 is 11.9 Å². The van der Waals surface area contributed by atoms with Crippen molar-refractivity contribution in [3.05, 3.63) is 71.8 Å². The van der Waals surface area contributed by atoms with Gasteiger partial charge in [0.2, 0.25) is 0 Å². The molecule has 0 aliphatic heterocycles. The van der Waals surface area contributed by atoms with Gasteiger partial charge in [-0.25, -0.2) is 4.79 Å². The van der Waals surface area contributed by atoms with Crippen LogP contribution >= 0.6 is 0 Å². The van der Waals surface area contributed by atoms with E-state index in [4.69, 9.17) is 9.47 Å². The van der Waals surface area contributed by atoms with Crippen LogP contribution in [0.25, 0.3) is 0 Å². The Morgan fingerprint density at radius 3 is 2.09 bits per heavy atom. The van der Waals surface area contributed by atoms with E-state index in [0.29, 0.717) is 12.0 Å². The smallest absolute Gasteiger partial charge is 0.339 e. The van der Waals surface area contributed by atoms with Gasteiger partial charge in [-0.1, -0.05) is 48.5 Å². The normalized spacial score (nSPS) is 13.0. The van der Waals surface area contributed by atoms with Crippen molar-refractivity contribution in [1.29, 1.82) is 0 Å². The Morgan fingerprint density at radius 2 is 1.52 bits per heavy atom. The molecule has 0 aromatic heterocycles. The SMILES string of the molecule is COC(=O)CC[C@@](C)(OC(=O)c1ccccc1)c1ccccc1. The first-order chi connectivity index (χ1) is 11.0. The van der Waals surface area contributed by atoms with E-state index >= 15 is 0 Å². The lowest BCUT2D eigenvalue weighted by Gasteiger charge is -2.30. The van der Waals surface area contributed by atoms with Crippen LogP contribution in [0.15, 0.2) is 60.7 Å². The highest BCUT2D eigenvalue weighted by atomic mass is 16.6. The first-order valence-corrected chi connectivity index (χ1v) is 7.46. The highest BCUT2D eigenvalue weighted by Gasteiger charge is 2.32. The van der Waals surface area contributed by atoms with E-state index in [0.717, 1.165) is 5.56 Å². The molecule has 4 heteroatoms. The average molecular weight is 312 g/mol. The van der Waals surface area contributed by atoms with E-state index in [2.05, 4.69) is 0 Å². The van der Waals surface area contributed by atoms with Crippen molar-refractivity contribution in [2.75, 3.05) is 7.11 Å². The van der Waals surface area contributed by atoms with Gasteiger partial charge < -0.3 is 9.47 Å². The molecular weight excluding hydrogens is 292 g/mol. The molecule has 2 aromatic carbocycles. The zero-order valence-corrected chi connectivity index (χ0v) is 13.3. The van der Waals surface area contributed by atoms with Crippen LogP contribution in [0, 0.1) is 0 Å². The number of ether oxygens (including phenoxy) is 2. The molecule has 0 amide bonds. The number of carbonyl (C=O) groups is 2. The summed E-state index contributed by atoms with van der Waals surface area (Å²) in [6, 6.07) is 18.2. The fourth-order valence-electron chi connectivity index (χ4n) is 2.33. The summed E-state index contributed by atoms with van der Waals surface area (Å²) in [5, 5.41) is 0. The van der Waals surface area contributed by atoms with Crippen LogP contribution in [0.1, 0.15) is 35.7 Å². The Balaban J connectivity index is 2.23. The zero-order valence-electron chi connectivity index (χ0n) is 13.3. The van der Waals surface area contributed by atoms with Crippen molar-refractivity contribution in [3.63, 3.8) is 0 Å². The molecule has 0 fully saturated rings. The van der Waals surface area contributed by atoms with Crippen LogP contribution in [0.3, 0.4) is 0 Å². The van der Waals surface area contributed by atoms with Crippen molar-refractivity contribution < 1.29 is 19.1 Å². The second-order valence-corrected chi connectivity index (χ2v) is 5.43. The molecule has 0 radical (unpaired) electrons. The van der Waals surface area contributed by atoms with Crippen LogP contribution in [0.4, 0.5) is 0 Å². The Morgan fingerprint density at radius 1 is 0.957 bits per heavy atom. The topological polar surface area (TPSA) is 52.6 Å². The fraction of sp³-hybridized carbons (Fsp3) is 0.263. The third kappa shape index (κ3) is 4.42. The molecule has 2 aromatic rings. The van der Waals surface area contributed by atoms with Gasteiger partial charge in [-0.15, -0.1) is 0 Å². The molecule has 0 bridgehead atoms. The van der Waals surface area contributed by atoms with E-state index in [9.17, 15) is 9.59 Å². The number of methoxy groups -OCH3 is 1. The van der Waals surface area contributed by atoms with Crippen LogP contribution in [0.5, 0.6) is 0 Å². The molecule has 0 unspecified atom stereocenters. The predicted molar refractivity (Wildman–Crippen MR) is 86.9 cm³/mol. The first kappa shape index (κ1) is 16.7. The zero-order chi connectivity index (χ0) is 16.7. The van der Waals surface area contributed by atoms with Gasteiger partial charge in [0.05, 0.1) is 12.7 Å². The van der Waals surface area contributed by atoms with E-state index in [-0.39, 0.29) is 12.4 Å². The number of rotatable bonds is 6. The molecule has 4 nitrogen and oxygen atoms in total. The summed E-state index contributed by atoms with van der Waals surface area (Å²) >= 11 is 0. The minimum atomic E-state index is -0.900. The van der Waals surface area contributed by atoms with E-state index < -0.39 is 11.6 Å². The van der Waals surface area contributed by atoms with E-state index in [1.807, 2.05) is 43.3 Å². The summed E-state index contributed by atoms with van der Waals surface area (Å²) < 4.78 is 10.4. The molecule has 0 saturated heterocycles. The van der Waals surface area contributed by atoms with E-state index in [1.165, 1.54) is 7.11 Å². The molecular formula is C19H20O4. The van der Waals surface area contributed by atoms with Crippen molar-refractivity contribution in [3.8, 4) is 0 Å². The van der Waals surface area contributed by atoms with Crippen LogP contribution in [0.2, 0.25) is 0 Å². The molecule has 120 valence electrons. The molecule has 0 heterocycles. The van der Waals surface area contributed by atoms with Crippen molar-refractivity contribution in [2.45, 2.75) is 25.4 Å². The van der Waals surface area contributed by atoms with Crippen LogP contribution in [-0.4, -0.2) is 19.0 Å². The number of hydrogen-bond donors (Lipinski definition) is 0. The third-order valence-corrected chi connectivity index (χ3v) is 3.75. The van der Waals surface area contributed by atoms with Gasteiger partial charge in [0.15, 0.2) is 0 Å². The molecule has 0 aliphatic carbocycles. The molecule has 2 rings (SSSR count). The minimum Gasteiger partial charge on any atom is -0.469 e. The summed E-state index contributed by atoms with van der Waals surface area (Å²) in [4.78, 5) is 23.9. The lowest BCUT2D eigenvalue weighted by molar-refractivity contribution is -0.142. The standard InChI is InChI=1S/C19H20O4/c1-19(14-13-17(20)22-2,16-11-7-4-8-12-16)23-18(21)15-9-5-3-6-10-15/h3-12H,13-14H2,1-2H3/t19-/m1/s1. The highest BCUT2D eigenvalue weighted by Crippen LogP contribution is 2.31. The van der Waals surface area contributed by atoms with Gasteiger partial charge in [0.1, 0.15) is 5.60 Å². The monoisotopic (exact) mass is 312 g/mol. The maximum absolute atomic E-state index is 12.4. The van der Waals surface area contributed by atoms with Gasteiger partial charge >= 0.3 is 11.9 Å². The number of hydrogen-bond acceptors (Lipinski definition) is 4. The van der Waals surface area contributed by atoms with Gasteiger partial charge in [-0.2, -0.15) is 0 Å². The Labute approximate surface area is 136 Å². The second kappa shape index (κ2) is 7.58. The van der Waals surface area contributed by atoms with Gasteiger partial charge in [-0.3, -0.25) is 4.79 Å². The lowest BCUT2D eigenvalue weighted by atomic mass is 9.90. The lowest BCUT2D eigenvalue weighted by Crippen LogP contribution is -2.30. The van der Waals surface area contributed by atoms with Crippen molar-refractivity contribution in [2.24, 2.45) is 0 Å². The molecule has 23 heavy (non-hydrogen) atoms. The number of carbonyl (C=O) groups excluding carboxylic acids is 2. The number of benzene rings is 2. The largest absolute Gasteiger partial charge is 0.469 e. The maximum atomic E-state index is 12.4. The van der Waals surface area contributed by atoms with Gasteiger partial charge in [-0.05, 0) is 24.6 Å². The van der Waals surface area contributed by atoms with Gasteiger partial charge in [0, 0.05) is 12.8 Å². The Hall–Kier alpha value is -2.62. The van der Waals surface area contributed by atoms with Crippen LogP contribution in [-0.2, 0) is 19.9 Å². The molecule has 0 spiro atoms. The summed E-state index contributed by atoms with van der Waals surface area (Å²) in [6.07, 6.45) is 0.520. The predicted octanol–water partition coefficient (Wildman–Crippen LogP) is 3.71. The number of esters is 2. The molecule has 0 N–H and O–H groups in total. The molecule has 1 atom stereocenters. The Kier molecular flexibility index (Phi) is 5.52. The minimum absolute atomic E-state index is 0.171. The average Bonchev–Trinajstić information content (AvgIpc) is 2.61. The quantitative estimate of drug-likeness (QED) is 0.763.